The van der Waals surface area contributed by atoms with Crippen molar-refractivity contribution in [1.29, 1.82) is 0 Å². The van der Waals surface area contributed by atoms with Crippen LogP contribution in [0.5, 0.6) is 0 Å². The van der Waals surface area contributed by atoms with Gasteiger partial charge in [-0.2, -0.15) is 0 Å². The van der Waals surface area contributed by atoms with E-state index in [-0.39, 0.29) is 5.92 Å². The SMILES string of the molecule is C=N/C(=C1/C(=NC)NC=CN1CC1CCN(C(=O)C2CCCC2)CC1)c1cc2ccccc2[nH]1. The number of amides is 1. The average molecular weight is 459 g/mol. The summed E-state index contributed by atoms with van der Waals surface area (Å²) in [6.07, 6.45) is 10.6. The molecule has 0 spiro atoms. The van der Waals surface area contributed by atoms with Gasteiger partial charge in [0.05, 0.1) is 5.69 Å². The molecule has 0 bridgehead atoms. The van der Waals surface area contributed by atoms with Gasteiger partial charge in [0.25, 0.3) is 0 Å². The van der Waals surface area contributed by atoms with Crippen LogP contribution in [-0.2, 0) is 4.79 Å². The summed E-state index contributed by atoms with van der Waals surface area (Å²) in [5.41, 5.74) is 3.70. The van der Waals surface area contributed by atoms with E-state index in [0.717, 1.165) is 79.1 Å². The number of hydrogen-bond acceptors (Lipinski definition) is 4. The summed E-state index contributed by atoms with van der Waals surface area (Å²) in [5.74, 6) is 1.92. The highest BCUT2D eigenvalue weighted by Gasteiger charge is 2.32. The lowest BCUT2D eigenvalue weighted by atomic mass is 9.94. The first kappa shape index (κ1) is 22.4. The Balaban J connectivity index is 1.36. The Morgan fingerprint density at radius 3 is 2.62 bits per heavy atom. The molecule has 7 nitrogen and oxygen atoms in total. The van der Waals surface area contributed by atoms with Gasteiger partial charge in [-0.05, 0) is 50.5 Å². The van der Waals surface area contributed by atoms with Gasteiger partial charge < -0.3 is 20.1 Å². The van der Waals surface area contributed by atoms with Crippen molar-refractivity contribution in [2.45, 2.75) is 38.5 Å². The van der Waals surface area contributed by atoms with Crippen LogP contribution in [0.15, 0.2) is 58.4 Å². The van der Waals surface area contributed by atoms with E-state index < -0.39 is 0 Å². The number of amidine groups is 1. The van der Waals surface area contributed by atoms with Gasteiger partial charge in [0, 0.05) is 55.9 Å². The number of fused-ring (bicyclic) bond motifs is 1. The highest BCUT2D eigenvalue weighted by Crippen LogP contribution is 2.31. The third-order valence-electron chi connectivity index (χ3n) is 7.46. The van der Waals surface area contributed by atoms with E-state index in [1.54, 1.807) is 7.05 Å². The van der Waals surface area contributed by atoms with E-state index >= 15 is 0 Å². The van der Waals surface area contributed by atoms with Crippen LogP contribution < -0.4 is 5.32 Å². The fourth-order valence-corrected chi connectivity index (χ4v) is 5.59. The van der Waals surface area contributed by atoms with Gasteiger partial charge in [0.2, 0.25) is 5.91 Å². The van der Waals surface area contributed by atoms with Gasteiger partial charge in [0.15, 0.2) is 5.84 Å². The number of nitrogens with one attached hydrogen (secondary N) is 2. The molecule has 0 unspecified atom stereocenters. The summed E-state index contributed by atoms with van der Waals surface area (Å²) in [5, 5.41) is 4.41. The van der Waals surface area contributed by atoms with Crippen LogP contribution >= 0.6 is 0 Å². The molecule has 34 heavy (non-hydrogen) atoms. The van der Waals surface area contributed by atoms with Gasteiger partial charge >= 0.3 is 0 Å². The third-order valence-corrected chi connectivity index (χ3v) is 7.46. The highest BCUT2D eigenvalue weighted by molar-refractivity contribution is 6.06. The quantitative estimate of drug-likeness (QED) is 0.653. The Morgan fingerprint density at radius 1 is 1.15 bits per heavy atom. The van der Waals surface area contributed by atoms with Crippen molar-refractivity contribution in [3.63, 3.8) is 0 Å². The lowest BCUT2D eigenvalue weighted by Crippen LogP contribution is -2.44. The summed E-state index contributed by atoms with van der Waals surface area (Å²) in [6.45, 7) is 6.47. The van der Waals surface area contributed by atoms with Gasteiger partial charge in [-0.15, -0.1) is 0 Å². The van der Waals surface area contributed by atoms with Gasteiger partial charge in [-0.25, -0.2) is 0 Å². The van der Waals surface area contributed by atoms with Crippen LogP contribution in [0.3, 0.4) is 0 Å². The molecular weight excluding hydrogens is 424 g/mol. The van der Waals surface area contributed by atoms with Crippen LogP contribution in [0.25, 0.3) is 16.6 Å². The van der Waals surface area contributed by atoms with Crippen molar-refractivity contribution in [2.75, 3.05) is 26.7 Å². The monoisotopic (exact) mass is 458 g/mol. The van der Waals surface area contributed by atoms with Crippen molar-refractivity contribution >= 4 is 35.1 Å². The first-order valence-electron chi connectivity index (χ1n) is 12.4. The first-order valence-corrected chi connectivity index (χ1v) is 12.4. The second-order valence-electron chi connectivity index (χ2n) is 9.56. The minimum Gasteiger partial charge on any atom is -0.353 e. The molecule has 2 N–H and O–H groups in total. The topological polar surface area (TPSA) is 76.1 Å². The number of aromatic nitrogens is 1. The number of rotatable bonds is 5. The number of aromatic amines is 1. The fraction of sp³-hybridized carbons (Fsp3) is 0.444. The standard InChI is InChI=1S/C27H34N6O/c1-28-24(23-17-21-9-5-6-10-22(21)31-23)25-26(29-2)30-13-16-33(25)18-19-11-14-32(15-12-19)27(34)20-7-3-4-8-20/h5-6,9-10,13,16-17,19-20,31H,1,3-4,7-8,11-12,14-15,18H2,2H3,(H,29,30)/b25-24-. The molecule has 3 heterocycles. The second-order valence-corrected chi connectivity index (χ2v) is 9.56. The maximum absolute atomic E-state index is 12.8. The average Bonchev–Trinajstić information content (AvgIpc) is 3.56. The van der Waals surface area contributed by atoms with Crippen LogP contribution in [0.1, 0.15) is 44.2 Å². The molecule has 1 aliphatic carbocycles. The zero-order valence-electron chi connectivity index (χ0n) is 20.0. The molecule has 2 aliphatic heterocycles. The van der Waals surface area contributed by atoms with Crippen LogP contribution in [-0.4, -0.2) is 59.9 Å². The largest absolute Gasteiger partial charge is 0.353 e. The van der Waals surface area contributed by atoms with Crippen LogP contribution in [0.4, 0.5) is 0 Å². The van der Waals surface area contributed by atoms with Crippen molar-refractivity contribution < 1.29 is 4.79 Å². The van der Waals surface area contributed by atoms with Crippen LogP contribution in [0, 0.1) is 11.8 Å². The van der Waals surface area contributed by atoms with E-state index in [2.05, 4.69) is 61.2 Å². The van der Waals surface area contributed by atoms with Crippen molar-refractivity contribution in [2.24, 2.45) is 21.8 Å². The molecule has 1 saturated heterocycles. The molecule has 2 aromatic rings. The summed E-state index contributed by atoms with van der Waals surface area (Å²) >= 11 is 0. The predicted octanol–water partition coefficient (Wildman–Crippen LogP) is 4.37. The van der Waals surface area contributed by atoms with Crippen molar-refractivity contribution in [3.05, 3.63) is 54.1 Å². The molecule has 0 radical (unpaired) electrons. The molecule has 1 saturated carbocycles. The number of para-hydroxylation sites is 1. The minimum atomic E-state index is 0.267. The third kappa shape index (κ3) is 4.39. The minimum absolute atomic E-state index is 0.267. The number of carbonyl (C=O) groups is 1. The normalized spacial score (nSPS) is 22.4. The predicted molar refractivity (Wildman–Crippen MR) is 138 cm³/mol. The van der Waals surface area contributed by atoms with Crippen LogP contribution in [0.2, 0.25) is 0 Å². The zero-order chi connectivity index (χ0) is 23.5. The van der Waals surface area contributed by atoms with E-state index in [0.29, 0.717) is 11.8 Å². The molecule has 1 amide bonds. The second kappa shape index (κ2) is 9.87. The summed E-state index contributed by atoms with van der Waals surface area (Å²) < 4.78 is 0. The van der Waals surface area contributed by atoms with E-state index in [4.69, 9.17) is 0 Å². The number of hydrogen-bond donors (Lipinski definition) is 2. The molecule has 3 aliphatic rings. The number of likely N-dealkylation sites (tertiary alicyclic amines) is 1. The Labute approximate surface area is 201 Å². The number of H-pyrrole nitrogens is 1. The Hall–Kier alpha value is -3.35. The smallest absolute Gasteiger partial charge is 0.225 e. The molecule has 7 heteroatoms. The van der Waals surface area contributed by atoms with E-state index in [1.165, 1.54) is 12.8 Å². The Kier molecular flexibility index (Phi) is 6.52. The van der Waals surface area contributed by atoms with E-state index in [1.807, 2.05) is 18.3 Å². The molecule has 0 atom stereocenters. The van der Waals surface area contributed by atoms with Crippen molar-refractivity contribution in [3.8, 4) is 0 Å². The molecule has 5 rings (SSSR count). The Morgan fingerprint density at radius 2 is 1.91 bits per heavy atom. The summed E-state index contributed by atoms with van der Waals surface area (Å²) in [7, 11) is 1.79. The highest BCUT2D eigenvalue weighted by atomic mass is 16.2. The maximum atomic E-state index is 12.8. The van der Waals surface area contributed by atoms with Crippen molar-refractivity contribution in [1.82, 2.24) is 20.1 Å². The lowest BCUT2D eigenvalue weighted by molar-refractivity contribution is -0.136. The Bertz CT molecular complexity index is 1110. The van der Waals surface area contributed by atoms with E-state index in [9.17, 15) is 4.79 Å². The number of benzene rings is 1. The zero-order valence-corrected chi connectivity index (χ0v) is 20.0. The number of nitrogens with zero attached hydrogens (tertiary/aromatic N) is 4. The summed E-state index contributed by atoms with van der Waals surface area (Å²) in [4.78, 5) is 29.6. The molecule has 1 aromatic heterocycles. The number of carbonyl (C=O) groups excluding carboxylic acids is 1. The molecule has 1 aromatic carbocycles. The molecule has 2 fully saturated rings. The lowest BCUT2D eigenvalue weighted by Gasteiger charge is -2.37. The molecular formula is C27H34N6O. The molecule has 178 valence electrons. The maximum Gasteiger partial charge on any atom is 0.225 e. The number of piperidine rings is 1. The van der Waals surface area contributed by atoms with Gasteiger partial charge in [-0.1, -0.05) is 31.0 Å². The number of aliphatic imine (C=N–C) groups is 2. The first-order chi connectivity index (χ1) is 16.7. The summed E-state index contributed by atoms with van der Waals surface area (Å²) in [6, 6.07) is 10.3. The van der Waals surface area contributed by atoms with Gasteiger partial charge in [-0.3, -0.25) is 14.8 Å². The fourth-order valence-electron chi connectivity index (χ4n) is 5.59. The van der Waals surface area contributed by atoms with Gasteiger partial charge in [0.1, 0.15) is 11.4 Å².